The van der Waals surface area contributed by atoms with E-state index in [0.717, 1.165) is 16.8 Å². The van der Waals surface area contributed by atoms with Gasteiger partial charge in [-0.15, -0.1) is 0 Å². The quantitative estimate of drug-likeness (QED) is 0.627. The Labute approximate surface area is 108 Å². The fourth-order valence-corrected chi connectivity index (χ4v) is 1.56. The van der Waals surface area contributed by atoms with Gasteiger partial charge in [0, 0.05) is 17.7 Å². The first-order chi connectivity index (χ1) is 8.69. The van der Waals surface area contributed by atoms with E-state index in [1.165, 1.54) is 0 Å². The number of amides is 1. The average Bonchev–Trinajstić information content (AvgIpc) is 2.20. The van der Waals surface area contributed by atoms with Gasteiger partial charge in [-0.05, 0) is 13.8 Å². The van der Waals surface area contributed by atoms with Crippen molar-refractivity contribution in [1.82, 2.24) is 15.1 Å². The van der Waals surface area contributed by atoms with Gasteiger partial charge < -0.3 is 10.4 Å². The van der Waals surface area contributed by atoms with E-state index in [4.69, 9.17) is 5.11 Å². The number of H-pyrrole nitrogens is 1. The number of hydrogen-bond acceptors (Lipinski definition) is 4. The molecular formula is C11H15N3O5. The minimum Gasteiger partial charge on any atom is -0.481 e. The van der Waals surface area contributed by atoms with Crippen molar-refractivity contribution in [2.24, 2.45) is 0 Å². The second-order valence-corrected chi connectivity index (χ2v) is 4.74. The number of aromatic nitrogens is 2. The summed E-state index contributed by atoms with van der Waals surface area (Å²) in [4.78, 5) is 44.7. The zero-order valence-corrected chi connectivity index (χ0v) is 10.6. The molecule has 0 aliphatic heterocycles. The van der Waals surface area contributed by atoms with Gasteiger partial charge >= 0.3 is 5.97 Å². The Morgan fingerprint density at radius 1 is 1.37 bits per heavy atom. The maximum absolute atomic E-state index is 11.7. The monoisotopic (exact) mass is 269 g/mol. The van der Waals surface area contributed by atoms with Gasteiger partial charge in [0.1, 0.15) is 6.54 Å². The van der Waals surface area contributed by atoms with Crippen LogP contribution in [0, 0.1) is 0 Å². The lowest BCUT2D eigenvalue weighted by Crippen LogP contribution is -2.47. The first kappa shape index (κ1) is 14.7. The molecule has 0 unspecified atom stereocenters. The highest BCUT2D eigenvalue weighted by Gasteiger charge is 2.23. The molecule has 0 bridgehead atoms. The molecule has 1 aromatic rings. The van der Waals surface area contributed by atoms with E-state index in [9.17, 15) is 19.2 Å². The molecule has 0 atom stereocenters. The number of nitrogens with zero attached hydrogens (tertiary/aromatic N) is 1. The number of carboxylic acid groups (broad SMARTS) is 1. The van der Waals surface area contributed by atoms with Crippen LogP contribution in [0.4, 0.5) is 0 Å². The van der Waals surface area contributed by atoms with Crippen molar-refractivity contribution < 1.29 is 14.7 Å². The summed E-state index contributed by atoms with van der Waals surface area (Å²) in [5, 5.41) is 13.4. The number of aromatic amines is 1. The fraction of sp³-hybridized carbons (Fsp3) is 0.455. The van der Waals surface area contributed by atoms with Gasteiger partial charge in [0.2, 0.25) is 5.91 Å². The Morgan fingerprint density at radius 3 is 2.58 bits per heavy atom. The number of carbonyl (C=O) groups excluding carboxylic acids is 1. The standard InChI is InChI=1S/C11H15N3O5/c1-11(2,5-10(18)19)12-8(16)6-14-9(17)4-3-7(15)13-14/h3-4H,5-6H2,1-2H3,(H,12,16)(H,13,15)(H,18,19). The molecular weight excluding hydrogens is 254 g/mol. The second-order valence-electron chi connectivity index (χ2n) is 4.74. The third-order valence-corrected chi connectivity index (χ3v) is 2.26. The summed E-state index contributed by atoms with van der Waals surface area (Å²) >= 11 is 0. The smallest absolute Gasteiger partial charge is 0.305 e. The van der Waals surface area contributed by atoms with E-state index < -0.39 is 28.5 Å². The average molecular weight is 269 g/mol. The van der Waals surface area contributed by atoms with Crippen molar-refractivity contribution in [2.75, 3.05) is 0 Å². The number of nitrogens with one attached hydrogen (secondary N) is 2. The largest absolute Gasteiger partial charge is 0.481 e. The molecule has 1 heterocycles. The maximum Gasteiger partial charge on any atom is 0.305 e. The van der Waals surface area contributed by atoms with Gasteiger partial charge in [-0.2, -0.15) is 0 Å². The SMILES string of the molecule is CC(C)(CC(=O)O)NC(=O)Cn1[nH]c(=O)ccc1=O. The number of carboxylic acids is 1. The number of carbonyl (C=O) groups is 2. The van der Waals surface area contributed by atoms with Gasteiger partial charge in [-0.3, -0.25) is 24.3 Å². The van der Waals surface area contributed by atoms with Crippen LogP contribution < -0.4 is 16.4 Å². The van der Waals surface area contributed by atoms with Crippen molar-refractivity contribution in [1.29, 1.82) is 0 Å². The topological polar surface area (TPSA) is 121 Å². The predicted molar refractivity (Wildman–Crippen MR) is 65.8 cm³/mol. The maximum atomic E-state index is 11.7. The summed E-state index contributed by atoms with van der Waals surface area (Å²) in [6.07, 6.45) is -0.251. The van der Waals surface area contributed by atoms with E-state index in [1.54, 1.807) is 13.8 Å². The third kappa shape index (κ3) is 4.78. The van der Waals surface area contributed by atoms with Crippen LogP contribution in [0.1, 0.15) is 20.3 Å². The zero-order chi connectivity index (χ0) is 14.6. The summed E-state index contributed by atoms with van der Waals surface area (Å²) in [5.74, 6) is -1.61. The van der Waals surface area contributed by atoms with E-state index in [1.807, 2.05) is 0 Å². The normalized spacial score (nSPS) is 11.1. The van der Waals surface area contributed by atoms with Crippen LogP contribution in [-0.4, -0.2) is 32.3 Å². The molecule has 1 aromatic heterocycles. The highest BCUT2D eigenvalue weighted by Crippen LogP contribution is 2.07. The Balaban J connectivity index is 2.75. The molecule has 0 aromatic carbocycles. The molecule has 0 aliphatic rings. The van der Waals surface area contributed by atoms with Crippen molar-refractivity contribution in [3.05, 3.63) is 32.8 Å². The summed E-state index contributed by atoms with van der Waals surface area (Å²) in [5.41, 5.74) is -1.97. The van der Waals surface area contributed by atoms with Gasteiger partial charge in [-0.1, -0.05) is 0 Å². The summed E-state index contributed by atoms with van der Waals surface area (Å²) in [6.45, 7) is 2.73. The van der Waals surface area contributed by atoms with Crippen LogP contribution in [0.5, 0.6) is 0 Å². The molecule has 0 saturated heterocycles. The lowest BCUT2D eigenvalue weighted by Gasteiger charge is -2.24. The minimum absolute atomic E-state index is 0.251. The number of rotatable bonds is 5. The van der Waals surface area contributed by atoms with Crippen LogP contribution >= 0.6 is 0 Å². The number of hydrogen-bond donors (Lipinski definition) is 3. The molecule has 8 nitrogen and oxygen atoms in total. The van der Waals surface area contributed by atoms with Gasteiger partial charge in [0.25, 0.3) is 11.1 Å². The second kappa shape index (κ2) is 5.51. The molecule has 0 saturated carbocycles. The molecule has 104 valence electrons. The number of aliphatic carboxylic acids is 1. The van der Waals surface area contributed by atoms with E-state index in [2.05, 4.69) is 10.4 Å². The highest BCUT2D eigenvalue weighted by atomic mass is 16.4. The molecule has 0 fully saturated rings. The van der Waals surface area contributed by atoms with Crippen molar-refractivity contribution in [3.63, 3.8) is 0 Å². The minimum atomic E-state index is -1.05. The first-order valence-corrected chi connectivity index (χ1v) is 5.52. The lowest BCUT2D eigenvalue weighted by atomic mass is 10.0. The Morgan fingerprint density at radius 2 is 2.00 bits per heavy atom. The molecule has 0 spiro atoms. The molecule has 1 rings (SSSR count). The van der Waals surface area contributed by atoms with Crippen molar-refractivity contribution in [3.8, 4) is 0 Å². The fourth-order valence-electron chi connectivity index (χ4n) is 1.56. The van der Waals surface area contributed by atoms with Crippen molar-refractivity contribution >= 4 is 11.9 Å². The Hall–Kier alpha value is -2.38. The molecule has 8 heteroatoms. The van der Waals surface area contributed by atoms with Gasteiger partial charge in [-0.25, -0.2) is 4.68 Å². The highest BCUT2D eigenvalue weighted by molar-refractivity contribution is 5.77. The first-order valence-electron chi connectivity index (χ1n) is 5.52. The lowest BCUT2D eigenvalue weighted by molar-refractivity contribution is -0.138. The Kier molecular flexibility index (Phi) is 4.26. The molecule has 3 N–H and O–H groups in total. The third-order valence-electron chi connectivity index (χ3n) is 2.26. The Bertz CT molecular complexity index is 599. The predicted octanol–water partition coefficient (Wildman–Crippen LogP) is -1.09. The van der Waals surface area contributed by atoms with Gasteiger partial charge in [0.15, 0.2) is 0 Å². The zero-order valence-electron chi connectivity index (χ0n) is 10.6. The summed E-state index contributed by atoms with van der Waals surface area (Å²) < 4.78 is 0.856. The van der Waals surface area contributed by atoms with E-state index in [0.29, 0.717) is 0 Å². The van der Waals surface area contributed by atoms with Crippen LogP contribution in [0.2, 0.25) is 0 Å². The van der Waals surface area contributed by atoms with Gasteiger partial charge in [0.05, 0.1) is 6.42 Å². The molecule has 0 radical (unpaired) electrons. The summed E-state index contributed by atoms with van der Waals surface area (Å²) in [6, 6.07) is 2.11. The molecule has 19 heavy (non-hydrogen) atoms. The van der Waals surface area contributed by atoms with Crippen LogP contribution in [0.25, 0.3) is 0 Å². The molecule has 0 aliphatic carbocycles. The van der Waals surface area contributed by atoms with E-state index >= 15 is 0 Å². The van der Waals surface area contributed by atoms with Crippen LogP contribution in [0.3, 0.4) is 0 Å². The van der Waals surface area contributed by atoms with Crippen LogP contribution in [0.15, 0.2) is 21.7 Å². The van der Waals surface area contributed by atoms with E-state index in [-0.39, 0.29) is 13.0 Å². The van der Waals surface area contributed by atoms with Crippen molar-refractivity contribution in [2.45, 2.75) is 32.4 Å². The van der Waals surface area contributed by atoms with Crippen LogP contribution in [-0.2, 0) is 16.1 Å². The summed E-state index contributed by atoms with van der Waals surface area (Å²) in [7, 11) is 0. The molecule has 1 amide bonds.